The van der Waals surface area contributed by atoms with Gasteiger partial charge in [0.15, 0.2) is 0 Å². The number of hydrogen-bond acceptors (Lipinski definition) is 5. The van der Waals surface area contributed by atoms with Crippen LogP contribution in [0.1, 0.15) is 13.8 Å². The molecule has 0 aromatic carbocycles. The van der Waals surface area contributed by atoms with E-state index in [-0.39, 0.29) is 0 Å². The summed E-state index contributed by atoms with van der Waals surface area (Å²) in [6.45, 7) is 2.50. The van der Waals surface area contributed by atoms with E-state index in [4.69, 9.17) is 0 Å². The molecule has 0 aliphatic rings. The largest absolute Gasteiger partial charge is 0.520 e. The van der Waals surface area contributed by atoms with Gasteiger partial charge in [0.1, 0.15) is 0 Å². The van der Waals surface area contributed by atoms with Gasteiger partial charge >= 0.3 is 13.6 Å². The second kappa shape index (κ2) is 4.73. The van der Waals surface area contributed by atoms with Gasteiger partial charge in [0.2, 0.25) is 0 Å². The molecule has 0 aliphatic carbocycles. The summed E-state index contributed by atoms with van der Waals surface area (Å²) in [6, 6.07) is 0. The number of nitrogens with zero attached hydrogens (tertiary/aromatic N) is 1. The molecule has 61 valence electrons. The maximum absolute atomic E-state index is 10.3. The second-order valence-corrected chi connectivity index (χ2v) is 1.84. The summed E-state index contributed by atoms with van der Waals surface area (Å²) in [5, 5.41) is 0. The van der Waals surface area contributed by atoms with Gasteiger partial charge in [-0.1, -0.05) is 0 Å². The molecule has 5 nitrogen and oxygen atoms in total. The van der Waals surface area contributed by atoms with E-state index in [1.807, 2.05) is 0 Å². The van der Waals surface area contributed by atoms with Crippen molar-refractivity contribution in [2.24, 2.45) is 0 Å². The molecule has 0 N–H and O–H groups in total. The van der Waals surface area contributed by atoms with Gasteiger partial charge in [0.25, 0.3) is 5.97 Å². The fourth-order valence-corrected chi connectivity index (χ4v) is 0.373. The topological polar surface area (TPSA) is 55.8 Å². The lowest BCUT2D eigenvalue weighted by molar-refractivity contribution is -0.166. The van der Waals surface area contributed by atoms with E-state index >= 15 is 0 Å². The Morgan fingerprint density at radius 1 is 1.27 bits per heavy atom. The normalized spacial score (nSPS) is 9.09. The van der Waals surface area contributed by atoms with Crippen molar-refractivity contribution in [3.63, 3.8) is 0 Å². The lowest BCUT2D eigenvalue weighted by Crippen LogP contribution is -2.28. The molecule has 0 atom stereocenters. The van der Waals surface area contributed by atoms with Crippen molar-refractivity contribution in [1.29, 1.82) is 0 Å². The molecule has 0 rings (SSSR count). The van der Waals surface area contributed by atoms with Gasteiger partial charge in [-0.15, -0.1) is 4.97 Å². The lowest BCUT2D eigenvalue weighted by Gasteiger charge is -2.11. The molecule has 0 bridgehead atoms. The third-order valence-electron chi connectivity index (χ3n) is 0.640. The monoisotopic (exact) mass is 158 g/mol. The third kappa shape index (κ3) is 6.86. The summed E-state index contributed by atoms with van der Waals surface area (Å²) < 4.78 is 4.39. The highest BCUT2D eigenvalue weighted by Gasteiger charge is 2.08. The zero-order valence-electron chi connectivity index (χ0n) is 6.66. The van der Waals surface area contributed by atoms with Crippen molar-refractivity contribution in [2.75, 3.05) is 7.05 Å². The van der Waals surface area contributed by atoms with Crippen LogP contribution in [0.25, 0.3) is 0 Å². The third-order valence-corrected chi connectivity index (χ3v) is 0.640. The standard InChI is InChI=1S/C5H9BNO4/c1-4(8)10-6-7(3)11-5(2)9/h1-3H3. The summed E-state index contributed by atoms with van der Waals surface area (Å²) >= 11 is 0. The fraction of sp³-hybridized carbons (Fsp3) is 0.600. The quantitative estimate of drug-likeness (QED) is 0.409. The maximum atomic E-state index is 10.3. The Balaban J connectivity index is 3.44. The number of hydroxylamine groups is 1. The highest BCUT2D eigenvalue weighted by Crippen LogP contribution is 1.84. The van der Waals surface area contributed by atoms with Gasteiger partial charge in [-0.3, -0.25) is 9.59 Å². The van der Waals surface area contributed by atoms with Crippen LogP contribution < -0.4 is 0 Å². The molecule has 0 aliphatic heterocycles. The molecule has 0 saturated carbocycles. The van der Waals surface area contributed by atoms with Gasteiger partial charge in [-0.05, 0) is 0 Å². The van der Waals surface area contributed by atoms with Crippen LogP contribution >= 0.6 is 0 Å². The molecule has 0 aromatic rings. The van der Waals surface area contributed by atoms with E-state index in [1.165, 1.54) is 20.9 Å². The maximum Gasteiger partial charge on any atom is 0.519 e. The van der Waals surface area contributed by atoms with Crippen molar-refractivity contribution >= 4 is 19.6 Å². The first-order chi connectivity index (χ1) is 5.02. The Labute approximate surface area is 65.5 Å². The van der Waals surface area contributed by atoms with Crippen LogP contribution in [0.3, 0.4) is 0 Å². The molecule has 0 amide bonds. The first kappa shape index (κ1) is 9.96. The molecular weight excluding hydrogens is 149 g/mol. The summed E-state index contributed by atoms with van der Waals surface area (Å²) in [6.07, 6.45) is 0. The summed E-state index contributed by atoms with van der Waals surface area (Å²) in [5.41, 5.74) is 0. The van der Waals surface area contributed by atoms with E-state index in [1.54, 1.807) is 0 Å². The van der Waals surface area contributed by atoms with Crippen molar-refractivity contribution in [3.05, 3.63) is 0 Å². The van der Waals surface area contributed by atoms with Crippen molar-refractivity contribution in [3.8, 4) is 0 Å². The molecular formula is C5H9BNO4. The van der Waals surface area contributed by atoms with Gasteiger partial charge < -0.3 is 9.49 Å². The molecule has 0 saturated heterocycles. The van der Waals surface area contributed by atoms with E-state index in [0.717, 1.165) is 12.6 Å². The predicted molar refractivity (Wildman–Crippen MR) is 37.0 cm³/mol. The van der Waals surface area contributed by atoms with E-state index in [9.17, 15) is 9.59 Å². The smallest absolute Gasteiger partial charge is 0.519 e. The number of rotatable bonds is 3. The first-order valence-corrected chi connectivity index (χ1v) is 2.94. The minimum Gasteiger partial charge on any atom is -0.520 e. The highest BCUT2D eigenvalue weighted by molar-refractivity contribution is 6.26. The van der Waals surface area contributed by atoms with Crippen LogP contribution in [0.15, 0.2) is 0 Å². The molecule has 0 fully saturated rings. The minimum absolute atomic E-state index is 0.469. The molecule has 0 aromatic heterocycles. The fourth-order valence-electron chi connectivity index (χ4n) is 0.373. The van der Waals surface area contributed by atoms with Gasteiger partial charge in [-0.2, -0.15) is 0 Å². The van der Waals surface area contributed by atoms with Crippen LogP contribution in [0.5, 0.6) is 0 Å². The van der Waals surface area contributed by atoms with Crippen LogP contribution in [-0.2, 0) is 19.1 Å². The van der Waals surface area contributed by atoms with E-state index in [0.29, 0.717) is 0 Å². The Hall–Kier alpha value is -1.04. The average molecular weight is 158 g/mol. The molecule has 6 heteroatoms. The van der Waals surface area contributed by atoms with Crippen LogP contribution in [0.4, 0.5) is 0 Å². The molecule has 0 spiro atoms. The minimum atomic E-state index is -0.476. The Kier molecular flexibility index (Phi) is 4.29. The van der Waals surface area contributed by atoms with Crippen LogP contribution in [-0.4, -0.2) is 31.6 Å². The van der Waals surface area contributed by atoms with E-state index < -0.39 is 11.9 Å². The number of hydrogen-bond donors (Lipinski definition) is 0. The molecule has 0 unspecified atom stereocenters. The van der Waals surface area contributed by atoms with Gasteiger partial charge in [0, 0.05) is 20.9 Å². The summed E-state index contributed by atoms with van der Waals surface area (Å²) in [5.74, 6) is -0.945. The Morgan fingerprint density at radius 2 is 1.82 bits per heavy atom. The van der Waals surface area contributed by atoms with Crippen molar-refractivity contribution < 1.29 is 19.1 Å². The zero-order chi connectivity index (χ0) is 8.85. The van der Waals surface area contributed by atoms with E-state index in [2.05, 4.69) is 9.49 Å². The number of carbonyl (C=O) groups excluding carboxylic acids is 2. The van der Waals surface area contributed by atoms with Crippen molar-refractivity contribution in [2.45, 2.75) is 13.8 Å². The Bertz CT molecular complexity index is 161. The van der Waals surface area contributed by atoms with Crippen LogP contribution in [0.2, 0.25) is 0 Å². The van der Waals surface area contributed by atoms with Gasteiger partial charge in [0.05, 0.1) is 0 Å². The van der Waals surface area contributed by atoms with Crippen LogP contribution in [0, 0.1) is 0 Å². The Morgan fingerprint density at radius 3 is 2.18 bits per heavy atom. The van der Waals surface area contributed by atoms with Gasteiger partial charge in [-0.25, -0.2) is 0 Å². The molecule has 11 heavy (non-hydrogen) atoms. The SMILES string of the molecule is CC(=O)O[B]N(C)OC(C)=O. The summed E-state index contributed by atoms with van der Waals surface area (Å²) in [4.78, 5) is 26.0. The molecule has 0 heterocycles. The second-order valence-electron chi connectivity index (χ2n) is 1.84. The summed E-state index contributed by atoms with van der Waals surface area (Å²) in [7, 11) is 2.44. The number of carbonyl (C=O) groups is 2. The average Bonchev–Trinajstić information content (AvgIpc) is 1.82. The predicted octanol–water partition coefficient (Wildman–Crippen LogP) is -0.506. The lowest BCUT2D eigenvalue weighted by atomic mass is 10.3. The molecule has 1 radical (unpaired) electrons. The first-order valence-electron chi connectivity index (χ1n) is 2.94. The van der Waals surface area contributed by atoms with Crippen molar-refractivity contribution in [1.82, 2.24) is 4.97 Å². The zero-order valence-corrected chi connectivity index (χ0v) is 6.66. The highest BCUT2D eigenvalue weighted by atomic mass is 16.7.